The quantitative estimate of drug-likeness (QED) is 0.791. The summed E-state index contributed by atoms with van der Waals surface area (Å²) in [4.78, 5) is 9.32. The van der Waals surface area contributed by atoms with Crippen molar-refractivity contribution in [3.05, 3.63) is 52.6 Å². The van der Waals surface area contributed by atoms with E-state index >= 15 is 0 Å². The third-order valence-corrected chi connectivity index (χ3v) is 5.72. The van der Waals surface area contributed by atoms with E-state index in [2.05, 4.69) is 48.9 Å². The molecule has 2 aliphatic heterocycles. The molecule has 122 valence electrons. The number of aromatic nitrogens is 1. The second kappa shape index (κ2) is 6.45. The molecule has 5 heteroatoms. The van der Waals surface area contributed by atoms with Crippen molar-refractivity contribution in [1.82, 2.24) is 4.98 Å². The summed E-state index contributed by atoms with van der Waals surface area (Å²) in [5, 5.41) is 9.51. The van der Waals surface area contributed by atoms with E-state index in [1.54, 1.807) is 0 Å². The fourth-order valence-corrected chi connectivity index (χ4v) is 4.40. The average Bonchev–Trinajstić information content (AvgIpc) is 3.05. The Morgan fingerprint density at radius 2 is 2.04 bits per heavy atom. The molecule has 0 N–H and O–H groups in total. The molecule has 2 aromatic rings. The van der Waals surface area contributed by atoms with E-state index in [-0.39, 0.29) is 0 Å². The van der Waals surface area contributed by atoms with Crippen molar-refractivity contribution < 1.29 is 0 Å². The van der Waals surface area contributed by atoms with Crippen LogP contribution in [0.15, 0.2) is 47.1 Å². The lowest BCUT2D eigenvalue weighted by Gasteiger charge is -2.40. The first-order chi connectivity index (χ1) is 11.8. The zero-order valence-electron chi connectivity index (χ0n) is 13.4. The van der Waals surface area contributed by atoms with E-state index in [9.17, 15) is 5.26 Å². The number of nitriles is 1. The summed E-state index contributed by atoms with van der Waals surface area (Å²) in [5.41, 5.74) is 1.82. The molecule has 0 amide bonds. The van der Waals surface area contributed by atoms with Crippen LogP contribution < -0.4 is 9.80 Å². The Kier molecular flexibility index (Phi) is 4.15. The van der Waals surface area contributed by atoms with Gasteiger partial charge < -0.3 is 9.80 Å². The molecular formula is C19H19BrN4. The predicted octanol–water partition coefficient (Wildman–Crippen LogP) is 3.82. The van der Waals surface area contributed by atoms with Crippen LogP contribution in [0.5, 0.6) is 0 Å². The van der Waals surface area contributed by atoms with E-state index in [1.165, 1.54) is 12.8 Å². The molecule has 0 bridgehead atoms. The van der Waals surface area contributed by atoms with Crippen LogP contribution in [0.3, 0.4) is 0 Å². The molecular weight excluding hydrogens is 364 g/mol. The number of benzene rings is 1. The molecule has 3 heterocycles. The van der Waals surface area contributed by atoms with Crippen molar-refractivity contribution in [2.45, 2.75) is 18.9 Å². The first-order valence-corrected chi connectivity index (χ1v) is 9.18. The lowest BCUT2D eigenvalue weighted by Crippen LogP contribution is -2.48. The highest BCUT2D eigenvalue weighted by molar-refractivity contribution is 9.10. The van der Waals surface area contributed by atoms with Crippen molar-refractivity contribution in [1.29, 1.82) is 5.26 Å². The molecule has 2 unspecified atom stereocenters. The van der Waals surface area contributed by atoms with Crippen molar-refractivity contribution in [3.8, 4) is 6.07 Å². The fourth-order valence-electron chi connectivity index (χ4n) is 4.04. The van der Waals surface area contributed by atoms with Crippen molar-refractivity contribution in [2.75, 3.05) is 29.4 Å². The number of nitrogens with zero attached hydrogens (tertiary/aromatic N) is 4. The Balaban J connectivity index is 1.62. The van der Waals surface area contributed by atoms with Crippen LogP contribution in [0.2, 0.25) is 0 Å². The van der Waals surface area contributed by atoms with Crippen LogP contribution in [0.1, 0.15) is 18.4 Å². The number of anilines is 2. The molecule has 2 atom stereocenters. The minimum absolute atomic E-state index is 0.453. The number of hydrogen-bond donors (Lipinski definition) is 0. The molecule has 0 aliphatic carbocycles. The van der Waals surface area contributed by atoms with Crippen LogP contribution in [0.25, 0.3) is 0 Å². The highest BCUT2D eigenvalue weighted by atomic mass is 79.9. The number of piperidine rings is 1. The standard InChI is InChI=1S/C19H19BrN4/c20-16-4-5-17(15(11-16)12-21)24-10-7-14-6-9-23(13-18(14)24)19-3-1-2-8-22-19/h1-5,8,11,14,18H,6-7,9-10,13H2. The van der Waals surface area contributed by atoms with E-state index in [4.69, 9.17) is 0 Å². The lowest BCUT2D eigenvalue weighted by atomic mass is 9.92. The zero-order valence-corrected chi connectivity index (χ0v) is 15.0. The summed E-state index contributed by atoms with van der Waals surface area (Å²) in [6.45, 7) is 3.07. The van der Waals surface area contributed by atoms with Crippen LogP contribution in [-0.2, 0) is 0 Å². The number of hydrogen-bond acceptors (Lipinski definition) is 4. The summed E-state index contributed by atoms with van der Waals surface area (Å²) < 4.78 is 0.956. The first kappa shape index (κ1) is 15.5. The normalized spacial score (nSPS) is 23.0. The van der Waals surface area contributed by atoms with Crippen LogP contribution >= 0.6 is 15.9 Å². The van der Waals surface area contributed by atoms with Gasteiger partial charge in [-0.25, -0.2) is 4.98 Å². The summed E-state index contributed by atoms with van der Waals surface area (Å²) >= 11 is 3.47. The van der Waals surface area contributed by atoms with Gasteiger partial charge in [-0.1, -0.05) is 22.0 Å². The Labute approximate surface area is 150 Å². The molecule has 0 saturated carbocycles. The van der Waals surface area contributed by atoms with Crippen LogP contribution in [0.4, 0.5) is 11.5 Å². The van der Waals surface area contributed by atoms with Gasteiger partial charge in [-0.3, -0.25) is 0 Å². The van der Waals surface area contributed by atoms with Crippen LogP contribution in [0, 0.1) is 17.2 Å². The van der Waals surface area contributed by atoms with Crippen molar-refractivity contribution >= 4 is 27.4 Å². The minimum atomic E-state index is 0.453. The maximum atomic E-state index is 9.51. The summed E-state index contributed by atoms with van der Waals surface area (Å²) in [5.74, 6) is 1.76. The molecule has 4 rings (SSSR count). The molecule has 1 aromatic carbocycles. The highest BCUT2D eigenvalue weighted by Gasteiger charge is 2.39. The topological polar surface area (TPSA) is 43.2 Å². The molecule has 4 nitrogen and oxygen atoms in total. The number of halogens is 1. The maximum Gasteiger partial charge on any atom is 0.128 e. The smallest absolute Gasteiger partial charge is 0.128 e. The molecule has 2 fully saturated rings. The van der Waals surface area contributed by atoms with Crippen molar-refractivity contribution in [3.63, 3.8) is 0 Å². The number of fused-ring (bicyclic) bond motifs is 1. The predicted molar refractivity (Wildman–Crippen MR) is 99.2 cm³/mol. The highest BCUT2D eigenvalue weighted by Crippen LogP contribution is 2.37. The van der Waals surface area contributed by atoms with E-state index in [0.29, 0.717) is 12.0 Å². The Bertz CT molecular complexity index is 771. The summed E-state index contributed by atoms with van der Waals surface area (Å²) in [6, 6.07) is 14.9. The van der Waals surface area contributed by atoms with Gasteiger partial charge in [0.05, 0.1) is 11.3 Å². The van der Waals surface area contributed by atoms with E-state index in [1.807, 2.05) is 30.5 Å². The first-order valence-electron chi connectivity index (χ1n) is 8.38. The van der Waals surface area contributed by atoms with Gasteiger partial charge in [0.25, 0.3) is 0 Å². The number of pyridine rings is 1. The zero-order chi connectivity index (χ0) is 16.5. The van der Waals surface area contributed by atoms with Gasteiger partial charge >= 0.3 is 0 Å². The largest absolute Gasteiger partial charge is 0.365 e. The van der Waals surface area contributed by atoms with Crippen molar-refractivity contribution in [2.24, 2.45) is 5.92 Å². The monoisotopic (exact) mass is 382 g/mol. The average molecular weight is 383 g/mol. The van der Waals surface area contributed by atoms with Gasteiger partial charge in [-0.15, -0.1) is 0 Å². The molecule has 0 radical (unpaired) electrons. The van der Waals surface area contributed by atoms with Gasteiger partial charge in [0.2, 0.25) is 0 Å². The second-order valence-corrected chi connectivity index (χ2v) is 7.42. The molecule has 2 saturated heterocycles. The molecule has 1 aromatic heterocycles. The second-order valence-electron chi connectivity index (χ2n) is 6.51. The van der Waals surface area contributed by atoms with Gasteiger partial charge in [0.15, 0.2) is 0 Å². The van der Waals surface area contributed by atoms with Gasteiger partial charge in [-0.2, -0.15) is 5.26 Å². The Hall–Kier alpha value is -2.06. The molecule has 0 spiro atoms. The Morgan fingerprint density at radius 1 is 1.17 bits per heavy atom. The maximum absolute atomic E-state index is 9.51. The molecule has 2 aliphatic rings. The van der Waals surface area contributed by atoms with Crippen LogP contribution in [-0.4, -0.2) is 30.7 Å². The van der Waals surface area contributed by atoms with Gasteiger partial charge in [-0.05, 0) is 49.1 Å². The summed E-state index contributed by atoms with van der Waals surface area (Å²) in [7, 11) is 0. The Morgan fingerprint density at radius 3 is 2.83 bits per heavy atom. The van der Waals surface area contributed by atoms with Gasteiger partial charge in [0, 0.05) is 36.3 Å². The minimum Gasteiger partial charge on any atom is -0.365 e. The molecule has 24 heavy (non-hydrogen) atoms. The number of rotatable bonds is 2. The fraction of sp³-hybridized carbons (Fsp3) is 0.368. The lowest BCUT2D eigenvalue weighted by molar-refractivity contribution is 0.389. The third-order valence-electron chi connectivity index (χ3n) is 5.22. The van der Waals surface area contributed by atoms with E-state index in [0.717, 1.165) is 41.2 Å². The summed E-state index contributed by atoms with van der Waals surface area (Å²) in [6.07, 6.45) is 4.26. The third kappa shape index (κ3) is 2.76. The van der Waals surface area contributed by atoms with E-state index < -0.39 is 0 Å². The van der Waals surface area contributed by atoms with Gasteiger partial charge in [0.1, 0.15) is 11.9 Å². The SMILES string of the molecule is N#Cc1cc(Br)ccc1N1CCC2CCN(c3ccccn3)CC21.